The number of hydrogen-bond donors (Lipinski definition) is 1. The second-order valence-corrected chi connectivity index (χ2v) is 5.96. The molecule has 0 unspecified atom stereocenters. The third kappa shape index (κ3) is 3.66. The highest BCUT2D eigenvalue weighted by atomic mass is 35.5. The van der Waals surface area contributed by atoms with Crippen LogP contribution in [0.5, 0.6) is 0 Å². The molecule has 1 N–H and O–H groups in total. The molecular formula is C11H7Cl2N3O3S. The number of rotatable bonds is 5. The third-order valence-electron chi connectivity index (χ3n) is 2.18. The van der Waals surface area contributed by atoms with Gasteiger partial charge in [-0.05, 0) is 18.2 Å². The number of carboxylic acids is 1. The van der Waals surface area contributed by atoms with E-state index < -0.39 is 5.97 Å². The van der Waals surface area contributed by atoms with Gasteiger partial charge in [-0.25, -0.2) is 4.68 Å². The fraction of sp³-hybridized carbons (Fsp3) is 0.0909. The molecule has 0 aliphatic rings. The predicted octanol–water partition coefficient (Wildman–Crippen LogP) is 2.63. The molecule has 9 heteroatoms. The Morgan fingerprint density at radius 1 is 1.45 bits per heavy atom. The summed E-state index contributed by atoms with van der Waals surface area (Å²) in [5.41, 5.74) is 0.688. The maximum absolute atomic E-state index is 11.9. The lowest BCUT2D eigenvalue weighted by Gasteiger charge is -1.91. The van der Waals surface area contributed by atoms with Crippen LogP contribution in [0.15, 0.2) is 18.3 Å². The molecule has 0 atom stereocenters. The van der Waals surface area contributed by atoms with Crippen LogP contribution in [-0.2, 0) is 11.3 Å². The van der Waals surface area contributed by atoms with E-state index in [1.807, 2.05) is 0 Å². The van der Waals surface area contributed by atoms with E-state index in [2.05, 4.69) is 10.3 Å². The Hall–Kier alpha value is -1.70. The molecule has 0 spiro atoms. The van der Waals surface area contributed by atoms with Crippen LogP contribution in [-0.4, -0.2) is 31.9 Å². The van der Waals surface area contributed by atoms with E-state index in [-0.39, 0.29) is 12.3 Å². The zero-order chi connectivity index (χ0) is 14.7. The maximum atomic E-state index is 11.9. The Morgan fingerprint density at radius 2 is 2.20 bits per heavy atom. The molecule has 20 heavy (non-hydrogen) atoms. The number of carboxylic acid groups (broad SMARTS) is 1. The van der Waals surface area contributed by atoms with Crippen LogP contribution in [0.4, 0.5) is 0 Å². The quantitative estimate of drug-likeness (QED) is 0.672. The summed E-state index contributed by atoms with van der Waals surface area (Å²) >= 11 is 12.7. The second kappa shape index (κ2) is 6.17. The first kappa shape index (κ1) is 14.7. The molecular weight excluding hydrogens is 325 g/mol. The van der Waals surface area contributed by atoms with E-state index in [4.69, 9.17) is 28.3 Å². The van der Waals surface area contributed by atoms with Crippen LogP contribution in [0.25, 0.3) is 6.08 Å². The average Bonchev–Trinajstić information content (AvgIpc) is 2.92. The number of aromatic nitrogens is 3. The van der Waals surface area contributed by atoms with E-state index in [9.17, 15) is 9.59 Å². The molecule has 104 valence electrons. The molecule has 0 aromatic carbocycles. The maximum Gasteiger partial charge on any atom is 0.325 e. The van der Waals surface area contributed by atoms with E-state index in [1.165, 1.54) is 24.4 Å². The molecule has 0 radical (unpaired) electrons. The van der Waals surface area contributed by atoms with Crippen molar-refractivity contribution in [2.75, 3.05) is 0 Å². The summed E-state index contributed by atoms with van der Waals surface area (Å²) in [7, 11) is 0. The normalized spacial score (nSPS) is 11.1. The fourth-order valence-corrected chi connectivity index (χ4v) is 2.84. The predicted molar refractivity (Wildman–Crippen MR) is 75.4 cm³/mol. The van der Waals surface area contributed by atoms with Crippen molar-refractivity contribution in [3.05, 3.63) is 38.3 Å². The topological polar surface area (TPSA) is 85.1 Å². The highest BCUT2D eigenvalue weighted by molar-refractivity contribution is 7.20. The summed E-state index contributed by atoms with van der Waals surface area (Å²) in [6, 6.07) is 1.49. The Morgan fingerprint density at radius 3 is 2.80 bits per heavy atom. The number of aliphatic carboxylic acids is 1. The molecule has 0 amide bonds. The Kier molecular flexibility index (Phi) is 4.53. The van der Waals surface area contributed by atoms with Crippen molar-refractivity contribution in [1.82, 2.24) is 15.0 Å². The number of carbonyl (C=O) groups is 2. The summed E-state index contributed by atoms with van der Waals surface area (Å²) in [6.07, 6.45) is 4.12. The van der Waals surface area contributed by atoms with Gasteiger partial charge in [-0.15, -0.1) is 16.4 Å². The summed E-state index contributed by atoms with van der Waals surface area (Å²) in [6.45, 7) is -0.291. The van der Waals surface area contributed by atoms with Crippen molar-refractivity contribution in [3.8, 4) is 0 Å². The standard InChI is InChI=1S/C11H7Cl2N3O3S/c12-9-3-7(11(13)20-9)8(17)2-1-6-4-16(15-14-6)5-10(18)19/h1-4H,5H2,(H,18,19)/b2-1+. The lowest BCUT2D eigenvalue weighted by Crippen LogP contribution is -2.08. The van der Waals surface area contributed by atoms with Crippen LogP contribution in [0.2, 0.25) is 8.67 Å². The van der Waals surface area contributed by atoms with Crippen LogP contribution in [0, 0.1) is 0 Å². The van der Waals surface area contributed by atoms with Gasteiger partial charge in [0, 0.05) is 0 Å². The van der Waals surface area contributed by atoms with Crippen molar-refractivity contribution in [2.24, 2.45) is 0 Å². The Labute approximate surface area is 127 Å². The van der Waals surface area contributed by atoms with E-state index in [1.54, 1.807) is 0 Å². The van der Waals surface area contributed by atoms with Crippen molar-refractivity contribution in [2.45, 2.75) is 6.54 Å². The number of carbonyl (C=O) groups excluding carboxylic acids is 1. The van der Waals surface area contributed by atoms with Crippen LogP contribution < -0.4 is 0 Å². The molecule has 0 saturated heterocycles. The minimum atomic E-state index is -1.03. The van der Waals surface area contributed by atoms with Gasteiger partial charge in [0.1, 0.15) is 16.6 Å². The zero-order valence-corrected chi connectivity index (χ0v) is 12.1. The molecule has 0 aliphatic carbocycles. The minimum absolute atomic E-state index is 0.291. The molecule has 2 rings (SSSR count). The number of halogens is 2. The summed E-state index contributed by atoms with van der Waals surface area (Å²) in [5.74, 6) is -1.34. The number of thiophene rings is 1. The monoisotopic (exact) mass is 331 g/mol. The van der Waals surface area contributed by atoms with Gasteiger partial charge in [-0.2, -0.15) is 0 Å². The van der Waals surface area contributed by atoms with Crippen molar-refractivity contribution in [3.63, 3.8) is 0 Å². The van der Waals surface area contributed by atoms with E-state index in [0.29, 0.717) is 19.9 Å². The van der Waals surface area contributed by atoms with Gasteiger partial charge in [0.05, 0.1) is 16.1 Å². The van der Waals surface area contributed by atoms with E-state index in [0.717, 1.165) is 16.0 Å². The Balaban J connectivity index is 2.09. The number of hydrogen-bond acceptors (Lipinski definition) is 5. The summed E-state index contributed by atoms with van der Waals surface area (Å²) < 4.78 is 1.90. The van der Waals surface area contributed by atoms with Crippen LogP contribution >= 0.6 is 34.5 Å². The molecule has 2 heterocycles. The minimum Gasteiger partial charge on any atom is -0.480 e. The molecule has 2 aromatic heterocycles. The summed E-state index contributed by atoms with van der Waals surface area (Å²) in [4.78, 5) is 22.3. The van der Waals surface area contributed by atoms with Gasteiger partial charge in [0.25, 0.3) is 0 Å². The molecule has 0 bridgehead atoms. The lowest BCUT2D eigenvalue weighted by molar-refractivity contribution is -0.137. The molecule has 6 nitrogen and oxygen atoms in total. The first-order valence-electron chi connectivity index (χ1n) is 5.25. The van der Waals surface area contributed by atoms with Crippen LogP contribution in [0.1, 0.15) is 16.1 Å². The number of nitrogens with zero attached hydrogens (tertiary/aromatic N) is 3. The number of ketones is 1. The smallest absolute Gasteiger partial charge is 0.325 e. The molecule has 0 aliphatic heterocycles. The lowest BCUT2D eigenvalue weighted by atomic mass is 10.2. The van der Waals surface area contributed by atoms with Gasteiger partial charge >= 0.3 is 5.97 Å². The fourth-order valence-electron chi connectivity index (χ4n) is 1.36. The van der Waals surface area contributed by atoms with Crippen molar-refractivity contribution < 1.29 is 14.7 Å². The van der Waals surface area contributed by atoms with E-state index >= 15 is 0 Å². The van der Waals surface area contributed by atoms with Gasteiger partial charge < -0.3 is 5.11 Å². The third-order valence-corrected chi connectivity index (χ3v) is 3.67. The zero-order valence-electron chi connectivity index (χ0n) is 9.79. The largest absolute Gasteiger partial charge is 0.480 e. The molecule has 2 aromatic rings. The first-order valence-corrected chi connectivity index (χ1v) is 6.82. The Bertz CT molecular complexity index is 693. The van der Waals surface area contributed by atoms with Gasteiger partial charge in [0.15, 0.2) is 5.78 Å². The second-order valence-electron chi connectivity index (χ2n) is 3.67. The van der Waals surface area contributed by atoms with Gasteiger partial charge in [-0.3, -0.25) is 9.59 Å². The SMILES string of the molecule is O=C(O)Cn1cc(/C=C/C(=O)c2cc(Cl)sc2Cl)nn1. The van der Waals surface area contributed by atoms with Crippen molar-refractivity contribution in [1.29, 1.82) is 0 Å². The summed E-state index contributed by atoms with van der Waals surface area (Å²) in [5, 5.41) is 15.9. The number of allylic oxidation sites excluding steroid dienone is 1. The van der Waals surface area contributed by atoms with Crippen molar-refractivity contribution >= 4 is 52.4 Å². The first-order chi connectivity index (χ1) is 9.45. The molecule has 0 saturated carbocycles. The highest BCUT2D eigenvalue weighted by Crippen LogP contribution is 2.31. The average molecular weight is 332 g/mol. The van der Waals surface area contributed by atoms with Crippen LogP contribution in [0.3, 0.4) is 0 Å². The highest BCUT2D eigenvalue weighted by Gasteiger charge is 2.11. The van der Waals surface area contributed by atoms with Gasteiger partial charge in [0.2, 0.25) is 0 Å². The van der Waals surface area contributed by atoms with Gasteiger partial charge in [-0.1, -0.05) is 28.4 Å². The molecule has 0 fully saturated rings.